The number of halogens is 3. The smallest absolute Gasteiger partial charge is 0.254 e. The maximum Gasteiger partial charge on any atom is 0.254 e. The van der Waals surface area contributed by atoms with E-state index in [9.17, 15) is 22.8 Å². The molecule has 0 saturated carbocycles. The van der Waals surface area contributed by atoms with Gasteiger partial charge in [-0.05, 0) is 31.2 Å². The molecule has 0 unspecified atom stereocenters. The molecular formula is C20H18F3N5O2S. The van der Waals surface area contributed by atoms with E-state index >= 15 is 0 Å². The predicted molar refractivity (Wildman–Crippen MR) is 109 cm³/mol. The van der Waals surface area contributed by atoms with Gasteiger partial charge in [-0.3, -0.25) is 9.59 Å². The van der Waals surface area contributed by atoms with E-state index in [1.54, 1.807) is 24.6 Å². The highest BCUT2D eigenvalue weighted by Crippen LogP contribution is 2.21. The van der Waals surface area contributed by atoms with Crippen molar-refractivity contribution in [3.8, 4) is 0 Å². The summed E-state index contributed by atoms with van der Waals surface area (Å²) in [5, 5.41) is 13.4. The first-order valence-electron chi connectivity index (χ1n) is 9.08. The highest BCUT2D eigenvalue weighted by molar-refractivity contribution is 7.99. The van der Waals surface area contributed by atoms with Gasteiger partial charge in [0.1, 0.15) is 17.5 Å². The van der Waals surface area contributed by atoms with Crippen molar-refractivity contribution >= 4 is 29.3 Å². The van der Waals surface area contributed by atoms with Crippen molar-refractivity contribution < 1.29 is 22.8 Å². The van der Waals surface area contributed by atoms with Gasteiger partial charge in [-0.2, -0.15) is 0 Å². The highest BCUT2D eigenvalue weighted by atomic mass is 32.2. The zero-order chi connectivity index (χ0) is 22.5. The number of anilines is 1. The summed E-state index contributed by atoms with van der Waals surface area (Å²) in [5.41, 5.74) is -0.217. The second-order valence-electron chi connectivity index (χ2n) is 6.54. The number of aromatic nitrogens is 3. The van der Waals surface area contributed by atoms with Gasteiger partial charge in [-0.25, -0.2) is 13.2 Å². The third kappa shape index (κ3) is 5.43. The zero-order valence-electron chi connectivity index (χ0n) is 16.5. The number of hydrogen-bond donors (Lipinski definition) is 2. The largest absolute Gasteiger partial charge is 0.342 e. The molecule has 0 spiro atoms. The number of rotatable bonds is 7. The molecule has 11 heteroatoms. The van der Waals surface area contributed by atoms with Crippen LogP contribution in [0, 0.1) is 17.5 Å². The molecule has 2 amide bonds. The van der Waals surface area contributed by atoms with E-state index in [1.807, 2.05) is 0 Å². The Bertz CT molecular complexity index is 1120. The summed E-state index contributed by atoms with van der Waals surface area (Å²) in [6.45, 7) is 1.67. The van der Waals surface area contributed by atoms with Crippen LogP contribution in [0.4, 0.5) is 18.9 Å². The summed E-state index contributed by atoms with van der Waals surface area (Å²) < 4.78 is 41.9. The maximum absolute atomic E-state index is 13.8. The summed E-state index contributed by atoms with van der Waals surface area (Å²) in [5.74, 6) is -3.06. The lowest BCUT2D eigenvalue weighted by Crippen LogP contribution is -2.29. The molecular weight excluding hydrogens is 431 g/mol. The Kier molecular flexibility index (Phi) is 6.95. The Balaban J connectivity index is 1.59. The minimum absolute atomic E-state index is 0.0872. The van der Waals surface area contributed by atoms with Gasteiger partial charge in [0.25, 0.3) is 5.91 Å². The van der Waals surface area contributed by atoms with Crippen molar-refractivity contribution in [2.24, 2.45) is 7.05 Å². The Morgan fingerprint density at radius 1 is 1.10 bits per heavy atom. The minimum atomic E-state index is -0.876. The van der Waals surface area contributed by atoms with Crippen LogP contribution in [0.5, 0.6) is 0 Å². The quantitative estimate of drug-likeness (QED) is 0.540. The average Bonchev–Trinajstić information content (AvgIpc) is 3.09. The van der Waals surface area contributed by atoms with E-state index < -0.39 is 35.3 Å². The first kappa shape index (κ1) is 22.3. The van der Waals surface area contributed by atoms with Crippen LogP contribution in [0.3, 0.4) is 0 Å². The zero-order valence-corrected chi connectivity index (χ0v) is 17.3. The van der Waals surface area contributed by atoms with Crippen LogP contribution in [0.1, 0.15) is 29.1 Å². The molecule has 1 aromatic heterocycles. The first-order chi connectivity index (χ1) is 14.8. The van der Waals surface area contributed by atoms with Crippen molar-refractivity contribution in [2.45, 2.75) is 18.1 Å². The SMILES string of the molecule is C[C@@H](NC(=O)c1ccccc1F)c1nnc(SCC(=O)Nc2ccc(F)cc2F)n1C. The van der Waals surface area contributed by atoms with Crippen molar-refractivity contribution in [1.82, 2.24) is 20.1 Å². The molecule has 2 N–H and O–H groups in total. The van der Waals surface area contributed by atoms with Crippen LogP contribution in [-0.4, -0.2) is 32.3 Å². The Labute approximate surface area is 180 Å². The maximum atomic E-state index is 13.8. The normalized spacial score (nSPS) is 11.8. The monoisotopic (exact) mass is 449 g/mol. The number of amides is 2. The van der Waals surface area contributed by atoms with Gasteiger partial charge in [0.2, 0.25) is 5.91 Å². The summed E-state index contributed by atoms with van der Waals surface area (Å²) >= 11 is 1.05. The number of nitrogens with one attached hydrogen (secondary N) is 2. The predicted octanol–water partition coefficient (Wildman–Crippen LogP) is 3.45. The molecule has 1 heterocycles. The van der Waals surface area contributed by atoms with Crippen molar-refractivity contribution in [3.63, 3.8) is 0 Å². The van der Waals surface area contributed by atoms with Gasteiger partial charge in [0.15, 0.2) is 11.0 Å². The Morgan fingerprint density at radius 2 is 1.84 bits per heavy atom. The lowest BCUT2D eigenvalue weighted by Gasteiger charge is -2.14. The van der Waals surface area contributed by atoms with Crippen LogP contribution in [0.15, 0.2) is 47.6 Å². The number of nitrogens with zero attached hydrogens (tertiary/aromatic N) is 3. The number of benzene rings is 2. The van der Waals surface area contributed by atoms with E-state index in [-0.39, 0.29) is 17.0 Å². The second kappa shape index (κ2) is 9.65. The summed E-state index contributed by atoms with van der Waals surface area (Å²) in [6.07, 6.45) is 0. The fourth-order valence-electron chi connectivity index (χ4n) is 2.72. The van der Waals surface area contributed by atoms with Crippen molar-refractivity contribution in [2.75, 3.05) is 11.1 Å². The standard InChI is InChI=1S/C20H18F3N5O2S/c1-11(24-19(30)13-5-3-4-6-14(13)22)18-26-27-20(28(18)2)31-10-17(29)25-16-8-7-12(21)9-15(16)23/h3-9,11H,10H2,1-2H3,(H,24,30)(H,25,29)/t11-/m1/s1. The average molecular weight is 449 g/mol. The summed E-state index contributed by atoms with van der Waals surface area (Å²) in [4.78, 5) is 24.4. The molecule has 0 aliphatic carbocycles. The Morgan fingerprint density at radius 3 is 2.55 bits per heavy atom. The van der Waals surface area contributed by atoms with Crippen LogP contribution >= 0.6 is 11.8 Å². The van der Waals surface area contributed by atoms with Crippen LogP contribution in [-0.2, 0) is 11.8 Å². The van der Waals surface area contributed by atoms with Gasteiger partial charge >= 0.3 is 0 Å². The first-order valence-corrected chi connectivity index (χ1v) is 10.1. The van der Waals surface area contributed by atoms with Gasteiger partial charge < -0.3 is 15.2 Å². The lowest BCUT2D eigenvalue weighted by atomic mass is 10.2. The molecule has 0 radical (unpaired) electrons. The number of carbonyl (C=O) groups is 2. The number of thioether (sulfide) groups is 1. The molecule has 1 atom stereocenters. The molecule has 0 aliphatic rings. The molecule has 162 valence electrons. The van der Waals surface area contributed by atoms with Gasteiger partial charge in [-0.1, -0.05) is 23.9 Å². The lowest BCUT2D eigenvalue weighted by molar-refractivity contribution is -0.113. The third-order valence-electron chi connectivity index (χ3n) is 4.26. The molecule has 0 saturated heterocycles. The summed E-state index contributed by atoms with van der Waals surface area (Å²) in [7, 11) is 1.65. The summed E-state index contributed by atoms with van der Waals surface area (Å²) in [6, 6.07) is 7.88. The molecule has 3 aromatic rings. The second-order valence-corrected chi connectivity index (χ2v) is 7.48. The van der Waals surface area contributed by atoms with E-state index in [2.05, 4.69) is 20.8 Å². The third-order valence-corrected chi connectivity index (χ3v) is 5.28. The molecule has 0 bridgehead atoms. The number of hydrogen-bond acceptors (Lipinski definition) is 5. The molecule has 2 aromatic carbocycles. The van der Waals surface area contributed by atoms with Gasteiger partial charge in [-0.15, -0.1) is 10.2 Å². The van der Waals surface area contributed by atoms with Crippen molar-refractivity contribution in [1.29, 1.82) is 0 Å². The fourth-order valence-corrected chi connectivity index (χ4v) is 3.44. The molecule has 3 rings (SSSR count). The van der Waals surface area contributed by atoms with Crippen LogP contribution < -0.4 is 10.6 Å². The van der Waals surface area contributed by atoms with Crippen LogP contribution in [0.25, 0.3) is 0 Å². The van der Waals surface area contributed by atoms with Gasteiger partial charge in [0, 0.05) is 13.1 Å². The van der Waals surface area contributed by atoms with E-state index in [0.29, 0.717) is 17.0 Å². The molecule has 7 nitrogen and oxygen atoms in total. The van der Waals surface area contributed by atoms with Crippen LogP contribution in [0.2, 0.25) is 0 Å². The van der Waals surface area contributed by atoms with E-state index in [0.717, 1.165) is 23.9 Å². The van der Waals surface area contributed by atoms with Gasteiger partial charge in [0.05, 0.1) is 23.0 Å². The topological polar surface area (TPSA) is 88.9 Å². The fraction of sp³-hybridized carbons (Fsp3) is 0.200. The minimum Gasteiger partial charge on any atom is -0.342 e. The molecule has 31 heavy (non-hydrogen) atoms. The Hall–Kier alpha value is -3.34. The van der Waals surface area contributed by atoms with E-state index in [4.69, 9.17) is 0 Å². The van der Waals surface area contributed by atoms with Crippen molar-refractivity contribution in [3.05, 3.63) is 71.3 Å². The molecule has 0 fully saturated rings. The number of carbonyl (C=O) groups excluding carboxylic acids is 2. The highest BCUT2D eigenvalue weighted by Gasteiger charge is 2.20. The molecule has 0 aliphatic heterocycles. The van der Waals surface area contributed by atoms with E-state index in [1.165, 1.54) is 18.2 Å².